The molecule has 0 amide bonds. The van der Waals surface area contributed by atoms with Gasteiger partial charge in [0, 0.05) is 6.42 Å². The lowest BCUT2D eigenvalue weighted by Gasteiger charge is -2.29. The summed E-state index contributed by atoms with van der Waals surface area (Å²) < 4.78 is 21.6. The number of hydrogen-bond donors (Lipinski definition) is 0. The first-order valence-electron chi connectivity index (χ1n) is 4.91. The zero-order chi connectivity index (χ0) is 8.93. The second-order valence-electron chi connectivity index (χ2n) is 3.29. The average Bonchev–Trinajstić information content (AvgIpc) is 2.21. The molecule has 76 valence electrons. The van der Waals surface area contributed by atoms with Crippen LogP contribution in [0.4, 0.5) is 0 Å². The Balaban J connectivity index is 1.69. The van der Waals surface area contributed by atoms with Crippen molar-refractivity contribution in [2.45, 2.75) is 31.8 Å². The van der Waals surface area contributed by atoms with Crippen LogP contribution in [0.15, 0.2) is 0 Å². The molecule has 0 radical (unpaired) electrons. The Morgan fingerprint density at radius 3 is 1.46 bits per heavy atom. The van der Waals surface area contributed by atoms with E-state index in [0.29, 0.717) is 6.42 Å². The molecule has 4 nitrogen and oxygen atoms in total. The van der Waals surface area contributed by atoms with E-state index in [1.165, 1.54) is 0 Å². The fraction of sp³-hybridized carbons (Fsp3) is 1.00. The summed E-state index contributed by atoms with van der Waals surface area (Å²) in [5, 5.41) is 0. The van der Waals surface area contributed by atoms with Gasteiger partial charge in [-0.25, -0.2) is 0 Å². The first kappa shape index (κ1) is 9.40. The van der Waals surface area contributed by atoms with E-state index in [-0.39, 0.29) is 12.6 Å². The van der Waals surface area contributed by atoms with E-state index < -0.39 is 0 Å². The highest BCUT2D eigenvalue weighted by Crippen LogP contribution is 2.16. The predicted molar refractivity (Wildman–Crippen MR) is 45.2 cm³/mol. The van der Waals surface area contributed by atoms with Gasteiger partial charge in [-0.05, 0) is 12.8 Å². The third-order valence-electron chi connectivity index (χ3n) is 2.18. The first-order chi connectivity index (χ1) is 6.45. The molecule has 0 spiro atoms. The maximum atomic E-state index is 5.40. The molecule has 0 aliphatic carbocycles. The molecule has 0 N–H and O–H groups in total. The summed E-state index contributed by atoms with van der Waals surface area (Å²) in [5.41, 5.74) is 0. The largest absolute Gasteiger partial charge is 0.352 e. The molecule has 0 atom stereocenters. The molecule has 4 heteroatoms. The minimum atomic E-state index is -0.128. The Kier molecular flexibility index (Phi) is 3.55. The lowest BCUT2D eigenvalue weighted by molar-refractivity contribution is -0.244. The molecule has 0 aromatic heterocycles. The van der Waals surface area contributed by atoms with Crippen molar-refractivity contribution in [2.24, 2.45) is 0 Å². The molecule has 2 aliphatic rings. The highest BCUT2D eigenvalue weighted by Gasteiger charge is 2.22. The van der Waals surface area contributed by atoms with Crippen molar-refractivity contribution in [3.63, 3.8) is 0 Å². The van der Waals surface area contributed by atoms with Gasteiger partial charge < -0.3 is 18.9 Å². The van der Waals surface area contributed by atoms with Crippen LogP contribution in [0.25, 0.3) is 0 Å². The topological polar surface area (TPSA) is 36.9 Å². The number of rotatable bonds is 2. The van der Waals surface area contributed by atoms with Gasteiger partial charge in [0.2, 0.25) is 0 Å². The van der Waals surface area contributed by atoms with Crippen molar-refractivity contribution in [3.8, 4) is 0 Å². The van der Waals surface area contributed by atoms with Gasteiger partial charge in [-0.2, -0.15) is 0 Å². The van der Waals surface area contributed by atoms with Crippen molar-refractivity contribution in [3.05, 3.63) is 0 Å². The van der Waals surface area contributed by atoms with Gasteiger partial charge in [-0.15, -0.1) is 0 Å². The van der Waals surface area contributed by atoms with Gasteiger partial charge in [-0.1, -0.05) is 0 Å². The Bertz CT molecular complexity index is 123. The van der Waals surface area contributed by atoms with Crippen molar-refractivity contribution in [2.75, 3.05) is 26.4 Å². The maximum Gasteiger partial charge on any atom is 0.162 e. The van der Waals surface area contributed by atoms with Crippen LogP contribution in [0.3, 0.4) is 0 Å². The Hall–Kier alpha value is -0.160. The van der Waals surface area contributed by atoms with Crippen LogP contribution in [0.2, 0.25) is 0 Å². The molecule has 0 saturated carbocycles. The SMILES string of the molecule is C1COC(CC2OCCCO2)OC1. The molecule has 2 aliphatic heterocycles. The molecule has 13 heavy (non-hydrogen) atoms. The summed E-state index contributed by atoms with van der Waals surface area (Å²) >= 11 is 0. The molecule has 0 unspecified atom stereocenters. The number of hydrogen-bond acceptors (Lipinski definition) is 4. The van der Waals surface area contributed by atoms with E-state index in [4.69, 9.17) is 18.9 Å². The maximum absolute atomic E-state index is 5.40. The zero-order valence-electron chi connectivity index (χ0n) is 7.74. The van der Waals surface area contributed by atoms with Crippen LogP contribution in [0.1, 0.15) is 19.3 Å². The van der Waals surface area contributed by atoms with Crippen LogP contribution >= 0.6 is 0 Å². The van der Waals surface area contributed by atoms with Gasteiger partial charge in [-0.3, -0.25) is 0 Å². The minimum Gasteiger partial charge on any atom is -0.352 e. The zero-order valence-corrected chi connectivity index (χ0v) is 7.74. The third-order valence-corrected chi connectivity index (χ3v) is 2.18. The van der Waals surface area contributed by atoms with Crippen molar-refractivity contribution >= 4 is 0 Å². The molecule has 2 heterocycles. The minimum absolute atomic E-state index is 0.128. The molecular formula is C9H16O4. The molecular weight excluding hydrogens is 172 g/mol. The highest BCUT2D eigenvalue weighted by atomic mass is 16.7. The summed E-state index contributed by atoms with van der Waals surface area (Å²) in [6.07, 6.45) is 2.42. The van der Waals surface area contributed by atoms with Gasteiger partial charge in [0.05, 0.1) is 26.4 Å². The normalized spacial score (nSPS) is 27.7. The molecule has 0 aromatic carbocycles. The average molecular weight is 188 g/mol. The summed E-state index contributed by atoms with van der Waals surface area (Å²) in [7, 11) is 0. The quantitative estimate of drug-likeness (QED) is 0.645. The monoisotopic (exact) mass is 188 g/mol. The smallest absolute Gasteiger partial charge is 0.162 e. The highest BCUT2D eigenvalue weighted by molar-refractivity contribution is 4.58. The van der Waals surface area contributed by atoms with Crippen LogP contribution in [-0.2, 0) is 18.9 Å². The lowest BCUT2D eigenvalue weighted by atomic mass is 10.3. The molecule has 2 saturated heterocycles. The summed E-state index contributed by atoms with van der Waals surface area (Å²) in [5.74, 6) is 0. The molecule has 2 fully saturated rings. The number of ether oxygens (including phenoxy) is 4. The molecule has 0 aromatic rings. The summed E-state index contributed by atoms with van der Waals surface area (Å²) in [6, 6.07) is 0. The summed E-state index contributed by atoms with van der Waals surface area (Å²) in [6.45, 7) is 3.16. The first-order valence-corrected chi connectivity index (χ1v) is 4.91. The van der Waals surface area contributed by atoms with Crippen LogP contribution in [0.5, 0.6) is 0 Å². The fourth-order valence-corrected chi connectivity index (χ4v) is 1.50. The van der Waals surface area contributed by atoms with E-state index in [1.807, 2.05) is 0 Å². The summed E-state index contributed by atoms with van der Waals surface area (Å²) in [4.78, 5) is 0. The van der Waals surface area contributed by atoms with Crippen LogP contribution in [0, 0.1) is 0 Å². The Morgan fingerprint density at radius 1 is 0.692 bits per heavy atom. The van der Waals surface area contributed by atoms with Gasteiger partial charge in [0.1, 0.15) is 0 Å². The fourth-order valence-electron chi connectivity index (χ4n) is 1.50. The van der Waals surface area contributed by atoms with E-state index >= 15 is 0 Å². The Morgan fingerprint density at radius 2 is 1.08 bits per heavy atom. The van der Waals surface area contributed by atoms with Crippen molar-refractivity contribution in [1.29, 1.82) is 0 Å². The lowest BCUT2D eigenvalue weighted by Crippen LogP contribution is -2.33. The van der Waals surface area contributed by atoms with E-state index in [1.54, 1.807) is 0 Å². The van der Waals surface area contributed by atoms with Gasteiger partial charge in [0.15, 0.2) is 12.6 Å². The second-order valence-corrected chi connectivity index (χ2v) is 3.29. The molecule has 2 rings (SSSR count). The Labute approximate surface area is 78.1 Å². The van der Waals surface area contributed by atoms with Gasteiger partial charge >= 0.3 is 0 Å². The third kappa shape index (κ3) is 2.91. The van der Waals surface area contributed by atoms with Gasteiger partial charge in [0.25, 0.3) is 0 Å². The van der Waals surface area contributed by atoms with E-state index in [9.17, 15) is 0 Å². The van der Waals surface area contributed by atoms with E-state index in [2.05, 4.69) is 0 Å². The van der Waals surface area contributed by atoms with Crippen LogP contribution < -0.4 is 0 Å². The van der Waals surface area contributed by atoms with Crippen molar-refractivity contribution < 1.29 is 18.9 Å². The predicted octanol–water partition coefficient (Wildman–Crippen LogP) is 0.903. The molecule has 0 bridgehead atoms. The van der Waals surface area contributed by atoms with E-state index in [0.717, 1.165) is 39.3 Å². The van der Waals surface area contributed by atoms with Crippen LogP contribution in [-0.4, -0.2) is 39.0 Å². The second kappa shape index (κ2) is 4.91. The standard InChI is InChI=1S/C9H16O4/c1-3-10-8(11-4-1)7-9-12-5-2-6-13-9/h8-9H,1-7H2. The van der Waals surface area contributed by atoms with Crippen molar-refractivity contribution in [1.82, 2.24) is 0 Å².